The van der Waals surface area contributed by atoms with Crippen molar-refractivity contribution in [3.05, 3.63) is 91.0 Å². The SMILES string of the molecule is CC[C@H]1O[C@@H](n2cc(CO[C@H](c3ccccc3[N+](=O)[O-])C(C)(C)C)c(OS(=O)(=O)c3c(C(C)C)cc(C(C)C)cc3C(C)C)nc2=O)C[C@H]1O[Si](C)(C)C(C)(C)C. The van der Waals surface area contributed by atoms with Crippen molar-refractivity contribution >= 4 is 24.1 Å². The Kier molecular flexibility index (Phi) is 14.1. The second-order valence-electron chi connectivity index (χ2n) is 18.9. The van der Waals surface area contributed by atoms with Gasteiger partial charge < -0.3 is 18.1 Å². The smallest absolute Gasteiger partial charge is 0.353 e. The molecule has 1 saturated heterocycles. The number of nitrogens with zero attached hydrogens (tertiary/aromatic N) is 3. The van der Waals surface area contributed by atoms with Crippen molar-refractivity contribution in [2.75, 3.05) is 0 Å². The monoisotopic (exact) mass is 827 g/mol. The van der Waals surface area contributed by atoms with Crippen LogP contribution in [0.1, 0.15) is 161 Å². The lowest BCUT2D eigenvalue weighted by molar-refractivity contribution is -0.386. The molecule has 1 aliphatic heterocycles. The fourth-order valence-corrected chi connectivity index (χ4v) is 9.92. The molecule has 0 spiro atoms. The molecular weight excluding hydrogens is 763 g/mol. The molecule has 1 fully saturated rings. The van der Waals surface area contributed by atoms with E-state index >= 15 is 0 Å². The topological polar surface area (TPSA) is 149 Å². The average Bonchev–Trinajstić information content (AvgIpc) is 3.48. The number of aromatic nitrogens is 2. The van der Waals surface area contributed by atoms with Crippen molar-refractivity contribution in [1.82, 2.24) is 9.55 Å². The molecule has 14 heteroatoms. The van der Waals surface area contributed by atoms with Crippen LogP contribution >= 0.6 is 0 Å². The molecule has 4 atom stereocenters. The number of rotatable bonds is 15. The Hall–Kier alpha value is -3.43. The molecule has 1 aromatic heterocycles. The summed E-state index contributed by atoms with van der Waals surface area (Å²) in [7, 11) is -6.79. The van der Waals surface area contributed by atoms with E-state index in [0.29, 0.717) is 29.5 Å². The van der Waals surface area contributed by atoms with E-state index in [4.69, 9.17) is 18.1 Å². The molecule has 1 aliphatic rings. The van der Waals surface area contributed by atoms with Gasteiger partial charge in [0.25, 0.3) is 5.69 Å². The zero-order chi connectivity index (χ0) is 43.0. The van der Waals surface area contributed by atoms with Crippen molar-refractivity contribution in [3.63, 3.8) is 0 Å². The summed E-state index contributed by atoms with van der Waals surface area (Å²) < 4.78 is 56.3. The van der Waals surface area contributed by atoms with Gasteiger partial charge in [-0.05, 0) is 70.5 Å². The van der Waals surface area contributed by atoms with Crippen molar-refractivity contribution in [2.24, 2.45) is 5.41 Å². The van der Waals surface area contributed by atoms with Crippen molar-refractivity contribution in [1.29, 1.82) is 0 Å². The Labute approximate surface area is 341 Å². The first-order valence-electron chi connectivity index (χ1n) is 20.1. The third-order valence-corrected chi connectivity index (χ3v) is 17.1. The second kappa shape index (κ2) is 17.4. The third kappa shape index (κ3) is 10.4. The highest BCUT2D eigenvalue weighted by Crippen LogP contribution is 2.44. The normalized spacial score (nSPS) is 18.8. The van der Waals surface area contributed by atoms with Crippen molar-refractivity contribution in [3.8, 4) is 5.88 Å². The minimum absolute atomic E-state index is 0.0475. The highest BCUT2D eigenvalue weighted by atomic mass is 32.2. The lowest BCUT2D eigenvalue weighted by Crippen LogP contribution is -2.45. The minimum atomic E-state index is -4.57. The van der Waals surface area contributed by atoms with Crippen molar-refractivity contribution < 1.29 is 31.4 Å². The van der Waals surface area contributed by atoms with E-state index in [1.165, 1.54) is 16.8 Å². The van der Waals surface area contributed by atoms with Gasteiger partial charge in [0.1, 0.15) is 11.1 Å². The largest absolute Gasteiger partial charge is 0.411 e. The van der Waals surface area contributed by atoms with Crippen LogP contribution in [0.2, 0.25) is 18.1 Å². The molecule has 0 radical (unpaired) electrons. The predicted octanol–water partition coefficient (Wildman–Crippen LogP) is 10.7. The highest BCUT2D eigenvalue weighted by molar-refractivity contribution is 7.87. The fourth-order valence-electron chi connectivity index (χ4n) is 6.96. The Morgan fingerprint density at radius 2 is 1.54 bits per heavy atom. The molecular formula is C43H65N3O9SSi. The van der Waals surface area contributed by atoms with Gasteiger partial charge in [-0.1, -0.05) is 114 Å². The first-order chi connectivity index (χ1) is 26.2. The number of para-hydroxylation sites is 1. The van der Waals surface area contributed by atoms with Crippen LogP contribution < -0.4 is 9.87 Å². The number of nitro groups is 1. The molecule has 0 saturated carbocycles. The van der Waals surface area contributed by atoms with E-state index in [1.807, 2.05) is 67.5 Å². The summed E-state index contributed by atoms with van der Waals surface area (Å²) in [6.45, 7) is 30.1. The van der Waals surface area contributed by atoms with Gasteiger partial charge in [0.2, 0.25) is 5.88 Å². The number of hydrogen-bond acceptors (Lipinski definition) is 10. The molecule has 2 aromatic carbocycles. The molecule has 0 aliphatic carbocycles. The first kappa shape index (κ1) is 46.3. The Morgan fingerprint density at radius 3 is 2.04 bits per heavy atom. The van der Waals surface area contributed by atoms with Crippen LogP contribution in [0.3, 0.4) is 0 Å². The Morgan fingerprint density at radius 1 is 0.965 bits per heavy atom. The second-order valence-corrected chi connectivity index (χ2v) is 25.1. The third-order valence-electron chi connectivity index (χ3n) is 11.3. The van der Waals surface area contributed by atoms with Gasteiger partial charge in [-0.15, -0.1) is 0 Å². The van der Waals surface area contributed by atoms with E-state index in [-0.39, 0.29) is 57.8 Å². The van der Waals surface area contributed by atoms with Crippen LogP contribution in [0.5, 0.6) is 5.88 Å². The minimum Gasteiger partial charge on any atom is -0.411 e. The van der Waals surface area contributed by atoms with Crippen LogP contribution in [0.4, 0.5) is 5.69 Å². The van der Waals surface area contributed by atoms with E-state index in [9.17, 15) is 23.3 Å². The summed E-state index contributed by atoms with van der Waals surface area (Å²) in [6.07, 6.45) is 0.388. The number of benzene rings is 2. The van der Waals surface area contributed by atoms with Gasteiger partial charge >= 0.3 is 15.8 Å². The van der Waals surface area contributed by atoms with E-state index in [1.54, 1.807) is 18.2 Å². The van der Waals surface area contributed by atoms with Gasteiger partial charge in [-0.2, -0.15) is 13.4 Å². The molecule has 0 amide bonds. The summed E-state index contributed by atoms with van der Waals surface area (Å²) in [5.74, 6) is -0.605. The zero-order valence-corrected chi connectivity index (χ0v) is 38.4. The average molecular weight is 828 g/mol. The van der Waals surface area contributed by atoms with Crippen LogP contribution in [0, 0.1) is 15.5 Å². The molecule has 3 aromatic rings. The summed E-state index contributed by atoms with van der Waals surface area (Å²) in [6, 6.07) is 10.2. The summed E-state index contributed by atoms with van der Waals surface area (Å²) in [4.78, 5) is 30.0. The zero-order valence-electron chi connectivity index (χ0n) is 36.6. The van der Waals surface area contributed by atoms with Crippen molar-refractivity contribution in [2.45, 2.75) is 175 Å². The Balaban J connectivity index is 1.88. The molecule has 0 N–H and O–H groups in total. The Bertz CT molecular complexity index is 2050. The summed E-state index contributed by atoms with van der Waals surface area (Å²) in [5.41, 5.74) is 1.24. The van der Waals surface area contributed by atoms with Crippen LogP contribution in [0.25, 0.3) is 0 Å². The van der Waals surface area contributed by atoms with Crippen LogP contribution in [-0.4, -0.2) is 43.4 Å². The van der Waals surface area contributed by atoms with Crippen LogP contribution in [-0.2, 0) is 30.6 Å². The summed E-state index contributed by atoms with van der Waals surface area (Å²) in [5, 5.41) is 12.1. The first-order valence-corrected chi connectivity index (χ1v) is 24.4. The highest BCUT2D eigenvalue weighted by Gasteiger charge is 2.45. The molecule has 0 unspecified atom stereocenters. The van der Waals surface area contributed by atoms with Gasteiger partial charge in [0, 0.05) is 18.7 Å². The van der Waals surface area contributed by atoms with E-state index in [2.05, 4.69) is 52.7 Å². The molecule has 2 heterocycles. The maximum atomic E-state index is 14.6. The van der Waals surface area contributed by atoms with Crippen LogP contribution in [0.15, 0.2) is 52.3 Å². The standard InChI is InChI=1S/C43H65N3O9SSi/c1-16-35-36(55-57(14,15)43(11,12)13)23-37(53-35)45-24-30(25-52-39(42(8,9)10)31-19-17-18-20-34(31)46(48)49)40(44-41(45)47)54-56(50,51)38-32(27(4)5)21-29(26(2)3)22-33(38)28(6)7/h17-22,24,26-28,35-37,39H,16,23,25H2,1-15H3/t35-,36-,37-,39-/m1/s1. The van der Waals surface area contributed by atoms with Gasteiger partial charge in [-0.25, -0.2) is 4.79 Å². The van der Waals surface area contributed by atoms with Gasteiger partial charge in [0.15, 0.2) is 8.32 Å². The number of ether oxygens (including phenoxy) is 2. The molecule has 4 rings (SSSR count). The molecule has 57 heavy (non-hydrogen) atoms. The number of hydrogen-bond donors (Lipinski definition) is 0. The maximum absolute atomic E-state index is 14.6. The van der Waals surface area contributed by atoms with E-state index < -0.39 is 52.7 Å². The molecule has 0 bridgehead atoms. The summed E-state index contributed by atoms with van der Waals surface area (Å²) >= 11 is 0. The molecule has 12 nitrogen and oxygen atoms in total. The molecule has 316 valence electrons. The lowest BCUT2D eigenvalue weighted by atomic mass is 9.84. The quantitative estimate of drug-likeness (QED) is 0.0627. The predicted molar refractivity (Wildman–Crippen MR) is 226 cm³/mol. The lowest BCUT2D eigenvalue weighted by Gasteiger charge is -2.39. The fraction of sp³-hybridized carbons (Fsp3) is 0.628. The maximum Gasteiger partial charge on any atom is 0.353 e. The number of nitro benzene ring substituents is 1. The van der Waals surface area contributed by atoms with E-state index in [0.717, 1.165) is 5.56 Å². The van der Waals surface area contributed by atoms with Gasteiger partial charge in [-0.3, -0.25) is 14.7 Å². The van der Waals surface area contributed by atoms with Gasteiger partial charge in [0.05, 0.1) is 41.0 Å².